The molecule has 1 saturated carbocycles. The van der Waals surface area contributed by atoms with Crippen LogP contribution in [0.4, 0.5) is 0 Å². The van der Waals surface area contributed by atoms with Crippen LogP contribution < -0.4 is 5.32 Å². The zero-order valence-corrected chi connectivity index (χ0v) is 10.8. The third kappa shape index (κ3) is 3.08. The van der Waals surface area contributed by atoms with Crippen LogP contribution in [0.25, 0.3) is 0 Å². The molecule has 0 bridgehead atoms. The SMILES string of the molecule is C/C=C/CCN1CC(C2CC2)NCC1CC. The molecular formula is C14H26N2. The Balaban J connectivity index is 1.83. The molecule has 1 heterocycles. The van der Waals surface area contributed by atoms with Gasteiger partial charge < -0.3 is 5.32 Å². The monoisotopic (exact) mass is 222 g/mol. The summed E-state index contributed by atoms with van der Waals surface area (Å²) in [6.07, 6.45) is 9.86. The molecule has 2 atom stereocenters. The average molecular weight is 222 g/mol. The van der Waals surface area contributed by atoms with Crippen molar-refractivity contribution in [2.75, 3.05) is 19.6 Å². The van der Waals surface area contributed by atoms with Crippen LogP contribution >= 0.6 is 0 Å². The Morgan fingerprint density at radius 1 is 1.38 bits per heavy atom. The molecule has 2 rings (SSSR count). The van der Waals surface area contributed by atoms with Crippen LogP contribution in [0, 0.1) is 5.92 Å². The van der Waals surface area contributed by atoms with Crippen molar-refractivity contribution < 1.29 is 0 Å². The van der Waals surface area contributed by atoms with Gasteiger partial charge in [0.25, 0.3) is 0 Å². The molecule has 16 heavy (non-hydrogen) atoms. The second kappa shape index (κ2) is 5.83. The average Bonchev–Trinajstić information content (AvgIpc) is 3.13. The van der Waals surface area contributed by atoms with Crippen molar-refractivity contribution in [3.8, 4) is 0 Å². The lowest BCUT2D eigenvalue weighted by molar-refractivity contribution is 0.121. The summed E-state index contributed by atoms with van der Waals surface area (Å²) in [6.45, 7) is 8.15. The largest absolute Gasteiger partial charge is 0.311 e. The Morgan fingerprint density at radius 2 is 2.19 bits per heavy atom. The summed E-state index contributed by atoms with van der Waals surface area (Å²) in [5.41, 5.74) is 0. The predicted molar refractivity (Wildman–Crippen MR) is 69.6 cm³/mol. The zero-order chi connectivity index (χ0) is 11.4. The molecule has 2 unspecified atom stereocenters. The zero-order valence-electron chi connectivity index (χ0n) is 10.8. The van der Waals surface area contributed by atoms with Crippen molar-refractivity contribution in [2.24, 2.45) is 5.92 Å². The number of hydrogen-bond donors (Lipinski definition) is 1. The molecule has 2 aliphatic rings. The lowest BCUT2D eigenvalue weighted by Gasteiger charge is -2.40. The van der Waals surface area contributed by atoms with Gasteiger partial charge >= 0.3 is 0 Å². The molecule has 0 aromatic rings. The van der Waals surface area contributed by atoms with E-state index in [-0.39, 0.29) is 0 Å². The third-order valence-electron chi connectivity index (χ3n) is 4.04. The van der Waals surface area contributed by atoms with Gasteiger partial charge in [-0.15, -0.1) is 0 Å². The molecule has 0 spiro atoms. The highest BCUT2D eigenvalue weighted by atomic mass is 15.2. The van der Waals surface area contributed by atoms with Gasteiger partial charge in [0.15, 0.2) is 0 Å². The molecule has 0 radical (unpaired) electrons. The van der Waals surface area contributed by atoms with Gasteiger partial charge in [0, 0.05) is 31.7 Å². The van der Waals surface area contributed by atoms with Gasteiger partial charge in [0.2, 0.25) is 0 Å². The number of piperazine rings is 1. The third-order valence-corrected chi connectivity index (χ3v) is 4.04. The Morgan fingerprint density at radius 3 is 2.81 bits per heavy atom. The highest BCUT2D eigenvalue weighted by Crippen LogP contribution is 2.34. The van der Waals surface area contributed by atoms with Crippen LogP contribution in [0.5, 0.6) is 0 Å². The van der Waals surface area contributed by atoms with E-state index in [0.29, 0.717) is 0 Å². The second-order valence-corrected chi connectivity index (χ2v) is 5.27. The fraction of sp³-hybridized carbons (Fsp3) is 0.857. The van der Waals surface area contributed by atoms with Crippen LogP contribution in [0.1, 0.15) is 39.5 Å². The van der Waals surface area contributed by atoms with Gasteiger partial charge in [-0.25, -0.2) is 0 Å². The number of nitrogens with zero attached hydrogens (tertiary/aromatic N) is 1. The molecular weight excluding hydrogens is 196 g/mol. The van der Waals surface area contributed by atoms with Crippen molar-refractivity contribution in [2.45, 2.75) is 51.6 Å². The standard InChI is InChI=1S/C14H26N2/c1-3-5-6-9-16-11-14(12-7-8-12)15-10-13(16)4-2/h3,5,12-15H,4,6-11H2,1-2H3/b5-3+. The van der Waals surface area contributed by atoms with E-state index in [9.17, 15) is 0 Å². The highest BCUT2D eigenvalue weighted by molar-refractivity contribution is 4.94. The quantitative estimate of drug-likeness (QED) is 0.719. The lowest BCUT2D eigenvalue weighted by Crippen LogP contribution is -2.57. The summed E-state index contributed by atoms with van der Waals surface area (Å²) in [7, 11) is 0. The molecule has 92 valence electrons. The predicted octanol–water partition coefficient (Wildman–Crippen LogP) is 2.42. The van der Waals surface area contributed by atoms with Crippen molar-refractivity contribution in [3.05, 3.63) is 12.2 Å². The minimum absolute atomic E-state index is 0.764. The first kappa shape index (κ1) is 12.1. The first-order valence-corrected chi connectivity index (χ1v) is 6.93. The smallest absolute Gasteiger partial charge is 0.0224 e. The van der Waals surface area contributed by atoms with Gasteiger partial charge in [0.1, 0.15) is 0 Å². The summed E-state index contributed by atoms with van der Waals surface area (Å²) >= 11 is 0. The fourth-order valence-corrected chi connectivity index (χ4v) is 2.78. The molecule has 0 aromatic carbocycles. The van der Waals surface area contributed by atoms with Gasteiger partial charge in [-0.2, -0.15) is 0 Å². The normalized spacial score (nSPS) is 32.4. The first-order valence-electron chi connectivity index (χ1n) is 6.93. The summed E-state index contributed by atoms with van der Waals surface area (Å²) in [5.74, 6) is 0.988. The van der Waals surface area contributed by atoms with Gasteiger partial charge in [-0.1, -0.05) is 19.1 Å². The fourth-order valence-electron chi connectivity index (χ4n) is 2.78. The maximum atomic E-state index is 3.74. The van der Waals surface area contributed by atoms with E-state index >= 15 is 0 Å². The van der Waals surface area contributed by atoms with E-state index in [1.807, 2.05) is 0 Å². The molecule has 0 aromatic heterocycles. The molecule has 2 heteroatoms. The molecule has 1 saturated heterocycles. The Kier molecular flexibility index (Phi) is 4.42. The van der Waals surface area contributed by atoms with E-state index in [0.717, 1.165) is 18.0 Å². The van der Waals surface area contributed by atoms with E-state index in [2.05, 4.69) is 36.2 Å². The Bertz CT molecular complexity index is 233. The molecule has 0 amide bonds. The van der Waals surface area contributed by atoms with E-state index in [1.54, 1.807) is 0 Å². The Hall–Kier alpha value is -0.340. The topological polar surface area (TPSA) is 15.3 Å². The summed E-state index contributed by atoms with van der Waals surface area (Å²) < 4.78 is 0. The minimum Gasteiger partial charge on any atom is -0.311 e. The summed E-state index contributed by atoms with van der Waals surface area (Å²) in [5, 5.41) is 3.74. The van der Waals surface area contributed by atoms with Gasteiger partial charge in [0.05, 0.1) is 0 Å². The van der Waals surface area contributed by atoms with Crippen LogP contribution in [0.15, 0.2) is 12.2 Å². The van der Waals surface area contributed by atoms with Crippen LogP contribution in [-0.4, -0.2) is 36.6 Å². The lowest BCUT2D eigenvalue weighted by atomic mass is 10.0. The van der Waals surface area contributed by atoms with E-state index < -0.39 is 0 Å². The highest BCUT2D eigenvalue weighted by Gasteiger charge is 2.36. The van der Waals surface area contributed by atoms with E-state index in [1.165, 1.54) is 45.3 Å². The van der Waals surface area contributed by atoms with Crippen molar-refractivity contribution in [3.63, 3.8) is 0 Å². The number of hydrogen-bond acceptors (Lipinski definition) is 2. The second-order valence-electron chi connectivity index (χ2n) is 5.27. The first-order chi connectivity index (χ1) is 7.85. The number of allylic oxidation sites excluding steroid dienone is 1. The molecule has 1 aliphatic carbocycles. The van der Waals surface area contributed by atoms with Crippen molar-refractivity contribution in [1.82, 2.24) is 10.2 Å². The van der Waals surface area contributed by atoms with Gasteiger partial charge in [-0.05, 0) is 38.5 Å². The van der Waals surface area contributed by atoms with Crippen molar-refractivity contribution in [1.29, 1.82) is 0 Å². The minimum atomic E-state index is 0.764. The summed E-state index contributed by atoms with van der Waals surface area (Å²) in [6, 6.07) is 1.55. The van der Waals surface area contributed by atoms with Gasteiger partial charge in [-0.3, -0.25) is 4.90 Å². The molecule has 2 nitrogen and oxygen atoms in total. The molecule has 1 aliphatic heterocycles. The van der Waals surface area contributed by atoms with Crippen molar-refractivity contribution >= 4 is 0 Å². The summed E-state index contributed by atoms with van der Waals surface area (Å²) in [4.78, 5) is 2.71. The Labute approximate surface area is 100 Å². The van der Waals surface area contributed by atoms with Crippen LogP contribution in [-0.2, 0) is 0 Å². The van der Waals surface area contributed by atoms with Crippen LogP contribution in [0.3, 0.4) is 0 Å². The van der Waals surface area contributed by atoms with Crippen LogP contribution in [0.2, 0.25) is 0 Å². The molecule has 2 fully saturated rings. The maximum Gasteiger partial charge on any atom is 0.0224 e. The number of nitrogens with one attached hydrogen (secondary N) is 1. The van der Waals surface area contributed by atoms with E-state index in [4.69, 9.17) is 0 Å². The molecule has 1 N–H and O–H groups in total. The maximum absolute atomic E-state index is 3.74. The number of rotatable bonds is 5.